The number of benzene rings is 1. The maximum atomic E-state index is 13.3. The lowest BCUT2D eigenvalue weighted by Gasteiger charge is -2.10. The fourth-order valence-electron chi connectivity index (χ4n) is 1.72. The summed E-state index contributed by atoms with van der Waals surface area (Å²) in [4.78, 5) is 4.20. The minimum absolute atomic E-state index is 0.327. The van der Waals surface area contributed by atoms with E-state index < -0.39 is 5.82 Å². The first-order valence-electron chi connectivity index (χ1n) is 5.52. The first-order chi connectivity index (χ1) is 8.99. The van der Waals surface area contributed by atoms with Gasteiger partial charge in [-0.1, -0.05) is 15.9 Å². The van der Waals surface area contributed by atoms with Gasteiger partial charge < -0.3 is 4.74 Å². The molecule has 0 radical (unpaired) electrons. The summed E-state index contributed by atoms with van der Waals surface area (Å²) < 4.78 is 19.4. The van der Waals surface area contributed by atoms with Crippen LogP contribution < -0.4 is 4.74 Å². The van der Waals surface area contributed by atoms with E-state index in [2.05, 4.69) is 20.9 Å². The van der Waals surface area contributed by atoms with Crippen molar-refractivity contribution in [2.45, 2.75) is 13.8 Å². The molecule has 0 unspecified atom stereocenters. The molecular formula is C14H10BrFN2O. The fraction of sp³-hybridized carbons (Fsp3) is 0.143. The Hall–Kier alpha value is -1.93. The first kappa shape index (κ1) is 13.5. The summed E-state index contributed by atoms with van der Waals surface area (Å²) in [5, 5.41) is 9.12. The van der Waals surface area contributed by atoms with Gasteiger partial charge in [-0.05, 0) is 26.0 Å². The summed E-state index contributed by atoms with van der Waals surface area (Å²) in [5.41, 5.74) is 1.68. The van der Waals surface area contributed by atoms with Crippen molar-refractivity contribution in [3.63, 3.8) is 0 Å². The van der Waals surface area contributed by atoms with E-state index in [1.165, 1.54) is 12.1 Å². The van der Waals surface area contributed by atoms with Crippen LogP contribution in [0.15, 0.2) is 28.7 Å². The van der Waals surface area contributed by atoms with Gasteiger partial charge in [-0.25, -0.2) is 4.39 Å². The van der Waals surface area contributed by atoms with Crippen LogP contribution in [0.5, 0.6) is 11.5 Å². The lowest BCUT2D eigenvalue weighted by atomic mass is 10.2. The number of nitriles is 1. The van der Waals surface area contributed by atoms with E-state index in [1.807, 2.05) is 13.0 Å². The maximum Gasteiger partial charge on any atom is 0.148 e. The zero-order chi connectivity index (χ0) is 14.0. The van der Waals surface area contributed by atoms with E-state index in [9.17, 15) is 4.39 Å². The number of aryl methyl sites for hydroxylation is 2. The Morgan fingerprint density at radius 2 is 2.00 bits per heavy atom. The molecule has 1 aromatic carbocycles. The van der Waals surface area contributed by atoms with Crippen LogP contribution in [0.2, 0.25) is 0 Å². The molecule has 0 aliphatic rings. The van der Waals surface area contributed by atoms with Gasteiger partial charge >= 0.3 is 0 Å². The van der Waals surface area contributed by atoms with E-state index in [4.69, 9.17) is 10.00 Å². The highest BCUT2D eigenvalue weighted by molar-refractivity contribution is 9.10. The predicted molar refractivity (Wildman–Crippen MR) is 72.6 cm³/mol. The largest absolute Gasteiger partial charge is 0.456 e. The third kappa shape index (κ3) is 3.09. The lowest BCUT2D eigenvalue weighted by Crippen LogP contribution is -1.96. The van der Waals surface area contributed by atoms with Crippen LogP contribution in [0.4, 0.5) is 4.39 Å². The molecule has 0 saturated carbocycles. The SMILES string of the molecule is Cc1cc(Oc2cc(F)cc(Br)c2)c(C#N)c(C)n1. The summed E-state index contributed by atoms with van der Waals surface area (Å²) in [6, 6.07) is 7.93. The molecule has 0 N–H and O–H groups in total. The average molecular weight is 321 g/mol. The molecule has 0 saturated heterocycles. The maximum absolute atomic E-state index is 13.3. The van der Waals surface area contributed by atoms with Gasteiger partial charge in [0.15, 0.2) is 0 Å². The molecule has 5 heteroatoms. The monoisotopic (exact) mass is 320 g/mol. The third-order valence-electron chi connectivity index (χ3n) is 2.47. The Bertz CT molecular complexity index is 660. The molecule has 0 spiro atoms. The van der Waals surface area contributed by atoms with Crippen molar-refractivity contribution in [3.8, 4) is 17.6 Å². The second-order valence-corrected chi connectivity index (χ2v) is 4.96. The van der Waals surface area contributed by atoms with Crippen LogP contribution in [-0.4, -0.2) is 4.98 Å². The van der Waals surface area contributed by atoms with Crippen LogP contribution in [0.3, 0.4) is 0 Å². The van der Waals surface area contributed by atoms with Crippen molar-refractivity contribution >= 4 is 15.9 Å². The van der Waals surface area contributed by atoms with Crippen molar-refractivity contribution < 1.29 is 9.13 Å². The standard InChI is InChI=1S/C14H10BrFN2O/c1-8-3-14(13(7-17)9(2)18-8)19-12-5-10(15)4-11(16)6-12/h3-6H,1-2H3. The summed E-state index contributed by atoms with van der Waals surface area (Å²) in [6.07, 6.45) is 0. The summed E-state index contributed by atoms with van der Waals surface area (Å²) >= 11 is 3.19. The molecule has 0 aliphatic heterocycles. The van der Waals surface area contributed by atoms with Crippen LogP contribution >= 0.6 is 15.9 Å². The van der Waals surface area contributed by atoms with Crippen LogP contribution in [-0.2, 0) is 0 Å². The molecule has 2 rings (SSSR count). The highest BCUT2D eigenvalue weighted by atomic mass is 79.9. The molecule has 2 aromatic rings. The molecule has 0 aliphatic carbocycles. The average Bonchev–Trinajstić information content (AvgIpc) is 2.26. The van der Waals surface area contributed by atoms with Gasteiger partial charge in [0, 0.05) is 22.3 Å². The number of nitrogens with zero attached hydrogens (tertiary/aromatic N) is 2. The first-order valence-corrected chi connectivity index (χ1v) is 6.31. The second-order valence-electron chi connectivity index (χ2n) is 4.04. The Morgan fingerprint density at radius 1 is 1.26 bits per heavy atom. The van der Waals surface area contributed by atoms with E-state index in [-0.39, 0.29) is 0 Å². The molecule has 3 nitrogen and oxygen atoms in total. The zero-order valence-electron chi connectivity index (χ0n) is 10.4. The number of pyridine rings is 1. The summed E-state index contributed by atoms with van der Waals surface area (Å²) in [5.74, 6) is 0.295. The molecule has 1 heterocycles. The Labute approximate surface area is 118 Å². The number of rotatable bonds is 2. The summed E-state index contributed by atoms with van der Waals surface area (Å²) in [7, 11) is 0. The molecule has 0 atom stereocenters. The minimum Gasteiger partial charge on any atom is -0.456 e. The van der Waals surface area contributed by atoms with E-state index in [0.29, 0.717) is 27.2 Å². The fourth-order valence-corrected chi connectivity index (χ4v) is 2.17. The molecule has 0 amide bonds. The van der Waals surface area contributed by atoms with Gasteiger partial charge in [0.05, 0.1) is 5.69 Å². The van der Waals surface area contributed by atoms with Gasteiger partial charge in [-0.3, -0.25) is 4.98 Å². The number of halogens is 2. The molecule has 19 heavy (non-hydrogen) atoms. The molecule has 0 bridgehead atoms. The van der Waals surface area contributed by atoms with Crippen LogP contribution in [0.1, 0.15) is 17.0 Å². The Balaban J connectivity index is 2.46. The number of hydrogen-bond donors (Lipinski definition) is 0. The molecule has 96 valence electrons. The Morgan fingerprint density at radius 3 is 2.63 bits per heavy atom. The molecule has 0 fully saturated rings. The lowest BCUT2D eigenvalue weighted by molar-refractivity contribution is 0.473. The Kier molecular flexibility index (Phi) is 3.82. The molecular weight excluding hydrogens is 311 g/mol. The van der Waals surface area contributed by atoms with Crippen molar-refractivity contribution in [1.29, 1.82) is 5.26 Å². The van der Waals surface area contributed by atoms with E-state index in [1.54, 1.807) is 19.1 Å². The van der Waals surface area contributed by atoms with Crippen molar-refractivity contribution in [2.75, 3.05) is 0 Å². The smallest absolute Gasteiger partial charge is 0.148 e. The van der Waals surface area contributed by atoms with Crippen molar-refractivity contribution in [2.24, 2.45) is 0 Å². The van der Waals surface area contributed by atoms with Gasteiger partial charge in [-0.2, -0.15) is 5.26 Å². The highest BCUT2D eigenvalue weighted by Gasteiger charge is 2.11. The third-order valence-corrected chi connectivity index (χ3v) is 2.93. The molecule has 1 aromatic heterocycles. The summed E-state index contributed by atoms with van der Waals surface area (Å²) in [6.45, 7) is 3.54. The number of ether oxygens (including phenoxy) is 1. The van der Waals surface area contributed by atoms with Gasteiger partial charge in [-0.15, -0.1) is 0 Å². The van der Waals surface area contributed by atoms with Crippen LogP contribution in [0.25, 0.3) is 0 Å². The highest BCUT2D eigenvalue weighted by Crippen LogP contribution is 2.29. The van der Waals surface area contributed by atoms with Crippen molar-refractivity contribution in [3.05, 3.63) is 51.5 Å². The van der Waals surface area contributed by atoms with Gasteiger partial charge in [0.2, 0.25) is 0 Å². The van der Waals surface area contributed by atoms with Crippen molar-refractivity contribution in [1.82, 2.24) is 4.98 Å². The minimum atomic E-state index is -0.412. The number of hydrogen-bond acceptors (Lipinski definition) is 3. The predicted octanol–water partition coefficient (Wildman–Crippen LogP) is 4.26. The number of aromatic nitrogens is 1. The van der Waals surface area contributed by atoms with Gasteiger partial charge in [0.25, 0.3) is 0 Å². The van der Waals surface area contributed by atoms with E-state index in [0.717, 1.165) is 5.69 Å². The zero-order valence-corrected chi connectivity index (χ0v) is 12.0. The topological polar surface area (TPSA) is 45.9 Å². The second kappa shape index (κ2) is 5.37. The van der Waals surface area contributed by atoms with E-state index >= 15 is 0 Å². The van der Waals surface area contributed by atoms with Gasteiger partial charge in [0.1, 0.15) is 28.9 Å². The van der Waals surface area contributed by atoms with Crippen LogP contribution in [0, 0.1) is 31.0 Å². The normalized spacial score (nSPS) is 10.1. The quantitative estimate of drug-likeness (QED) is 0.830.